The van der Waals surface area contributed by atoms with Crippen LogP contribution in [0.3, 0.4) is 0 Å². The molecule has 1 aromatic carbocycles. The van der Waals surface area contributed by atoms with Crippen LogP contribution in [0.1, 0.15) is 75.8 Å². The van der Waals surface area contributed by atoms with E-state index < -0.39 is 0 Å². The highest BCUT2D eigenvalue weighted by molar-refractivity contribution is 9.09. The van der Waals surface area contributed by atoms with Crippen molar-refractivity contribution in [3.8, 4) is 0 Å². The summed E-state index contributed by atoms with van der Waals surface area (Å²) in [4.78, 5) is 0.517. The van der Waals surface area contributed by atoms with Crippen LogP contribution in [0.2, 0.25) is 0 Å². The Hall–Kier alpha value is -0.300. The summed E-state index contributed by atoms with van der Waals surface area (Å²) < 4.78 is 0. The van der Waals surface area contributed by atoms with Gasteiger partial charge in [0.05, 0.1) is 0 Å². The maximum atomic E-state index is 3.81. The third-order valence-electron chi connectivity index (χ3n) is 3.45. The Labute approximate surface area is 121 Å². The lowest BCUT2D eigenvalue weighted by Gasteiger charge is -2.20. The number of halogens is 1. The van der Waals surface area contributed by atoms with Crippen LogP contribution in [0.5, 0.6) is 0 Å². The summed E-state index contributed by atoms with van der Waals surface area (Å²) in [5.74, 6) is 0. The van der Waals surface area contributed by atoms with Crippen molar-refractivity contribution in [1.82, 2.24) is 0 Å². The van der Waals surface area contributed by atoms with Gasteiger partial charge in [0.2, 0.25) is 0 Å². The van der Waals surface area contributed by atoms with E-state index in [1.165, 1.54) is 43.2 Å². The highest BCUT2D eigenvalue weighted by atomic mass is 79.9. The third-order valence-corrected chi connectivity index (χ3v) is 4.44. The first kappa shape index (κ1) is 15.8. The summed E-state index contributed by atoms with van der Waals surface area (Å²) in [6.45, 7) is 9.05. The predicted molar refractivity (Wildman–Crippen MR) is 85.6 cm³/mol. The van der Waals surface area contributed by atoms with Crippen molar-refractivity contribution >= 4 is 15.9 Å². The molecule has 102 valence electrons. The first-order chi connectivity index (χ1) is 8.45. The molecule has 0 aliphatic rings. The van der Waals surface area contributed by atoms with Crippen molar-refractivity contribution in [1.29, 1.82) is 0 Å². The fourth-order valence-electron chi connectivity index (χ4n) is 2.11. The fourth-order valence-corrected chi connectivity index (χ4v) is 2.74. The molecule has 0 radical (unpaired) electrons. The Morgan fingerprint density at radius 1 is 1.00 bits per heavy atom. The van der Waals surface area contributed by atoms with Gasteiger partial charge in [-0.1, -0.05) is 93.6 Å². The number of hydrogen-bond acceptors (Lipinski definition) is 0. The minimum Gasteiger partial charge on any atom is -0.0839 e. The highest BCUT2D eigenvalue weighted by Gasteiger charge is 2.14. The van der Waals surface area contributed by atoms with Gasteiger partial charge in [0.15, 0.2) is 0 Å². The summed E-state index contributed by atoms with van der Waals surface area (Å²) in [7, 11) is 0. The van der Waals surface area contributed by atoms with E-state index in [2.05, 4.69) is 67.9 Å². The van der Waals surface area contributed by atoms with Gasteiger partial charge in [0, 0.05) is 4.83 Å². The maximum Gasteiger partial charge on any atom is 0.0395 e. The molecule has 1 heteroatoms. The molecule has 1 atom stereocenters. The fraction of sp³-hybridized carbons (Fsp3) is 0.647. The Kier molecular flexibility index (Phi) is 6.42. The molecule has 18 heavy (non-hydrogen) atoms. The molecule has 1 rings (SSSR count). The lowest BCUT2D eigenvalue weighted by molar-refractivity contribution is 0.589. The predicted octanol–water partition coefficient (Wildman–Crippen LogP) is 6.39. The Morgan fingerprint density at radius 2 is 1.61 bits per heavy atom. The standard InChI is InChI=1S/C17H27Br/c1-5-6-7-8-9-16(18)14-10-12-15(13-11-14)17(2,3)4/h10-13,16H,5-9H2,1-4H3. The second kappa shape index (κ2) is 7.33. The zero-order valence-electron chi connectivity index (χ0n) is 12.3. The molecule has 0 bridgehead atoms. The largest absolute Gasteiger partial charge is 0.0839 e. The molecule has 0 aliphatic heterocycles. The van der Waals surface area contributed by atoms with Gasteiger partial charge in [-0.15, -0.1) is 0 Å². The molecule has 0 saturated heterocycles. The van der Waals surface area contributed by atoms with Crippen LogP contribution in [-0.2, 0) is 5.41 Å². The highest BCUT2D eigenvalue weighted by Crippen LogP contribution is 2.30. The molecule has 0 fully saturated rings. The van der Waals surface area contributed by atoms with Crippen molar-refractivity contribution < 1.29 is 0 Å². The van der Waals surface area contributed by atoms with Crippen LogP contribution >= 0.6 is 15.9 Å². The van der Waals surface area contributed by atoms with E-state index >= 15 is 0 Å². The maximum absolute atomic E-state index is 3.81. The molecule has 0 N–H and O–H groups in total. The monoisotopic (exact) mass is 310 g/mol. The summed E-state index contributed by atoms with van der Waals surface area (Å²) in [5.41, 5.74) is 3.08. The number of alkyl halides is 1. The average molecular weight is 311 g/mol. The lowest BCUT2D eigenvalue weighted by Crippen LogP contribution is -2.10. The zero-order valence-corrected chi connectivity index (χ0v) is 13.9. The molecule has 1 aromatic rings. The molecule has 1 unspecified atom stereocenters. The van der Waals surface area contributed by atoms with Gasteiger partial charge in [-0.3, -0.25) is 0 Å². The van der Waals surface area contributed by atoms with Crippen LogP contribution in [-0.4, -0.2) is 0 Å². The van der Waals surface area contributed by atoms with Gasteiger partial charge in [-0.25, -0.2) is 0 Å². The number of unbranched alkanes of at least 4 members (excludes halogenated alkanes) is 3. The first-order valence-electron chi connectivity index (χ1n) is 7.19. The second-order valence-electron chi connectivity index (χ2n) is 6.19. The first-order valence-corrected chi connectivity index (χ1v) is 8.11. The van der Waals surface area contributed by atoms with E-state index in [9.17, 15) is 0 Å². The SMILES string of the molecule is CCCCCCC(Br)c1ccc(C(C)(C)C)cc1. The molecule has 0 aliphatic carbocycles. The second-order valence-corrected chi connectivity index (χ2v) is 7.29. The quantitative estimate of drug-likeness (QED) is 0.422. The van der Waals surface area contributed by atoms with E-state index in [1.807, 2.05) is 0 Å². The molecule has 0 saturated carbocycles. The topological polar surface area (TPSA) is 0 Å². The zero-order chi connectivity index (χ0) is 13.6. The number of hydrogen-bond donors (Lipinski definition) is 0. The molecular weight excluding hydrogens is 284 g/mol. The van der Waals surface area contributed by atoms with Crippen LogP contribution in [0.15, 0.2) is 24.3 Å². The lowest BCUT2D eigenvalue weighted by atomic mass is 9.86. The van der Waals surface area contributed by atoms with Crippen LogP contribution < -0.4 is 0 Å². The summed E-state index contributed by atoms with van der Waals surface area (Å²) in [5, 5.41) is 0. The van der Waals surface area contributed by atoms with Gasteiger partial charge in [-0.05, 0) is 23.0 Å². The smallest absolute Gasteiger partial charge is 0.0395 e. The summed E-state index contributed by atoms with van der Waals surface area (Å²) in [6, 6.07) is 9.10. The molecule has 0 nitrogen and oxygen atoms in total. The van der Waals surface area contributed by atoms with E-state index in [4.69, 9.17) is 0 Å². The minimum absolute atomic E-state index is 0.251. The Bertz CT molecular complexity index is 332. The van der Waals surface area contributed by atoms with Crippen molar-refractivity contribution in [3.63, 3.8) is 0 Å². The minimum atomic E-state index is 0.251. The van der Waals surface area contributed by atoms with Crippen molar-refractivity contribution in [3.05, 3.63) is 35.4 Å². The number of rotatable bonds is 6. The van der Waals surface area contributed by atoms with Crippen molar-refractivity contribution in [2.75, 3.05) is 0 Å². The van der Waals surface area contributed by atoms with Gasteiger partial charge < -0.3 is 0 Å². The van der Waals surface area contributed by atoms with E-state index in [-0.39, 0.29) is 5.41 Å². The van der Waals surface area contributed by atoms with Crippen molar-refractivity contribution in [2.24, 2.45) is 0 Å². The van der Waals surface area contributed by atoms with Crippen LogP contribution in [0.4, 0.5) is 0 Å². The number of benzene rings is 1. The van der Waals surface area contributed by atoms with Gasteiger partial charge in [0.1, 0.15) is 0 Å². The molecule has 0 heterocycles. The summed E-state index contributed by atoms with van der Waals surface area (Å²) >= 11 is 3.81. The van der Waals surface area contributed by atoms with Crippen LogP contribution in [0, 0.1) is 0 Å². The Balaban J connectivity index is 2.51. The average Bonchev–Trinajstić information content (AvgIpc) is 2.33. The van der Waals surface area contributed by atoms with E-state index in [1.54, 1.807) is 0 Å². The summed E-state index contributed by atoms with van der Waals surface area (Å²) in [6.07, 6.45) is 6.61. The molecule has 0 aromatic heterocycles. The van der Waals surface area contributed by atoms with Crippen molar-refractivity contribution in [2.45, 2.75) is 70.0 Å². The molecular formula is C17H27Br. The third kappa shape index (κ3) is 5.14. The molecule has 0 amide bonds. The van der Waals surface area contributed by atoms with Crippen LogP contribution in [0.25, 0.3) is 0 Å². The molecule has 0 spiro atoms. The van der Waals surface area contributed by atoms with E-state index in [0.29, 0.717) is 4.83 Å². The van der Waals surface area contributed by atoms with Gasteiger partial charge in [-0.2, -0.15) is 0 Å². The van der Waals surface area contributed by atoms with Gasteiger partial charge in [0.25, 0.3) is 0 Å². The van der Waals surface area contributed by atoms with Gasteiger partial charge >= 0.3 is 0 Å². The normalized spacial score (nSPS) is 13.6. The Morgan fingerprint density at radius 3 is 2.11 bits per heavy atom. The van der Waals surface area contributed by atoms with E-state index in [0.717, 1.165) is 0 Å².